The van der Waals surface area contributed by atoms with Crippen molar-refractivity contribution in [2.24, 2.45) is 0 Å². The number of methoxy groups -OCH3 is 2. The molecule has 0 amide bonds. The Kier molecular flexibility index (Phi) is 3.21. The van der Waals surface area contributed by atoms with Crippen molar-refractivity contribution in [2.45, 2.75) is 25.6 Å². The number of benzene rings is 1. The first-order valence-electron chi connectivity index (χ1n) is 5.49. The maximum atomic E-state index is 9.03. The van der Waals surface area contributed by atoms with E-state index in [-0.39, 0.29) is 6.10 Å². The van der Waals surface area contributed by atoms with Crippen LogP contribution in [0.1, 0.15) is 24.2 Å². The molecule has 0 saturated carbocycles. The third-order valence-corrected chi connectivity index (χ3v) is 2.88. The lowest BCUT2D eigenvalue weighted by Crippen LogP contribution is -2.05. The SMILES string of the molecule is COc1cc2c(cc1C(C#N)OC)OC(C)C2. The molecule has 1 aliphatic heterocycles. The van der Waals surface area contributed by atoms with E-state index in [0.717, 1.165) is 17.7 Å². The lowest BCUT2D eigenvalue weighted by molar-refractivity contribution is 0.145. The van der Waals surface area contributed by atoms with Gasteiger partial charge in [0.15, 0.2) is 6.10 Å². The molecule has 1 heterocycles. The predicted octanol–water partition coefficient (Wildman–Crippen LogP) is 2.23. The van der Waals surface area contributed by atoms with Crippen molar-refractivity contribution in [1.82, 2.24) is 0 Å². The largest absolute Gasteiger partial charge is 0.496 e. The number of nitrogens with zero attached hydrogens (tertiary/aromatic N) is 1. The molecule has 4 nitrogen and oxygen atoms in total. The predicted molar refractivity (Wildman–Crippen MR) is 62.2 cm³/mol. The number of rotatable bonds is 3. The maximum absolute atomic E-state index is 9.03. The zero-order valence-electron chi connectivity index (χ0n) is 10.2. The summed E-state index contributed by atoms with van der Waals surface area (Å²) in [5.74, 6) is 1.50. The molecule has 0 fully saturated rings. The summed E-state index contributed by atoms with van der Waals surface area (Å²) < 4.78 is 16.1. The first-order chi connectivity index (χ1) is 8.19. The smallest absolute Gasteiger partial charge is 0.172 e. The number of hydrogen-bond donors (Lipinski definition) is 0. The second-order valence-electron chi connectivity index (χ2n) is 4.08. The van der Waals surface area contributed by atoms with Crippen LogP contribution in [0.25, 0.3) is 0 Å². The summed E-state index contributed by atoms with van der Waals surface area (Å²) in [5.41, 5.74) is 1.83. The zero-order chi connectivity index (χ0) is 12.4. The Balaban J connectivity index is 2.46. The van der Waals surface area contributed by atoms with Gasteiger partial charge >= 0.3 is 0 Å². The van der Waals surface area contributed by atoms with Gasteiger partial charge in [0.25, 0.3) is 0 Å². The number of hydrogen-bond acceptors (Lipinski definition) is 4. The highest BCUT2D eigenvalue weighted by Crippen LogP contribution is 2.38. The second-order valence-corrected chi connectivity index (χ2v) is 4.08. The summed E-state index contributed by atoms with van der Waals surface area (Å²) >= 11 is 0. The van der Waals surface area contributed by atoms with E-state index in [9.17, 15) is 0 Å². The minimum Gasteiger partial charge on any atom is -0.496 e. The van der Waals surface area contributed by atoms with Gasteiger partial charge in [0.1, 0.15) is 17.6 Å². The molecule has 17 heavy (non-hydrogen) atoms. The van der Waals surface area contributed by atoms with Gasteiger partial charge < -0.3 is 14.2 Å². The summed E-state index contributed by atoms with van der Waals surface area (Å²) in [6.07, 6.45) is 0.415. The zero-order valence-corrected chi connectivity index (χ0v) is 10.2. The van der Waals surface area contributed by atoms with Crippen LogP contribution in [0.2, 0.25) is 0 Å². The summed E-state index contributed by atoms with van der Waals surface area (Å²) in [7, 11) is 3.10. The second kappa shape index (κ2) is 4.64. The van der Waals surface area contributed by atoms with Gasteiger partial charge in [0.2, 0.25) is 0 Å². The van der Waals surface area contributed by atoms with Crippen LogP contribution in [0.5, 0.6) is 11.5 Å². The number of ether oxygens (including phenoxy) is 3. The van der Waals surface area contributed by atoms with Crippen LogP contribution < -0.4 is 9.47 Å². The van der Waals surface area contributed by atoms with E-state index >= 15 is 0 Å². The lowest BCUT2D eigenvalue weighted by Gasteiger charge is -2.14. The van der Waals surface area contributed by atoms with E-state index in [1.54, 1.807) is 7.11 Å². The third-order valence-electron chi connectivity index (χ3n) is 2.88. The molecule has 90 valence electrons. The summed E-state index contributed by atoms with van der Waals surface area (Å²) in [5, 5.41) is 9.03. The highest BCUT2D eigenvalue weighted by Gasteiger charge is 2.24. The topological polar surface area (TPSA) is 51.5 Å². The van der Waals surface area contributed by atoms with Gasteiger partial charge in [-0.05, 0) is 19.1 Å². The standard InChI is InChI=1S/C13H15NO3/c1-8-4-9-5-12(15-2)10(6-11(9)17-8)13(7-14)16-3/h5-6,8,13H,4H2,1-3H3. The molecular weight excluding hydrogens is 218 g/mol. The van der Waals surface area contributed by atoms with Gasteiger partial charge in [-0.25, -0.2) is 0 Å². The van der Waals surface area contributed by atoms with Crippen molar-refractivity contribution in [3.8, 4) is 17.6 Å². The van der Waals surface area contributed by atoms with Crippen LogP contribution in [-0.4, -0.2) is 20.3 Å². The molecule has 2 rings (SSSR count). The van der Waals surface area contributed by atoms with Gasteiger partial charge in [-0.15, -0.1) is 0 Å². The first-order valence-corrected chi connectivity index (χ1v) is 5.49. The molecule has 4 heteroatoms. The molecule has 2 atom stereocenters. The van der Waals surface area contributed by atoms with E-state index in [1.165, 1.54) is 7.11 Å². The Morgan fingerprint density at radius 3 is 2.82 bits per heavy atom. The minimum absolute atomic E-state index is 0.174. The highest BCUT2D eigenvalue weighted by molar-refractivity contribution is 5.50. The van der Waals surface area contributed by atoms with E-state index in [2.05, 4.69) is 6.07 Å². The highest BCUT2D eigenvalue weighted by atomic mass is 16.5. The summed E-state index contributed by atoms with van der Waals surface area (Å²) in [4.78, 5) is 0. The van der Waals surface area contributed by atoms with Gasteiger partial charge in [-0.3, -0.25) is 0 Å². The van der Waals surface area contributed by atoms with Crippen molar-refractivity contribution in [2.75, 3.05) is 14.2 Å². The fourth-order valence-corrected chi connectivity index (χ4v) is 2.09. The molecule has 1 aliphatic rings. The fraction of sp³-hybridized carbons (Fsp3) is 0.462. The molecule has 0 N–H and O–H groups in total. The third kappa shape index (κ3) is 2.06. The van der Waals surface area contributed by atoms with Gasteiger partial charge in [-0.1, -0.05) is 0 Å². The lowest BCUT2D eigenvalue weighted by atomic mass is 10.0. The first kappa shape index (κ1) is 11.7. The minimum atomic E-state index is -0.630. The Hall–Kier alpha value is -1.73. The average Bonchev–Trinajstić information content (AvgIpc) is 2.68. The normalized spacial score (nSPS) is 19.1. The van der Waals surface area contributed by atoms with Crippen LogP contribution in [-0.2, 0) is 11.2 Å². The summed E-state index contributed by atoms with van der Waals surface area (Å²) in [6, 6.07) is 5.86. The van der Waals surface area contributed by atoms with E-state index in [1.807, 2.05) is 19.1 Å². The molecule has 2 unspecified atom stereocenters. The molecule has 1 aromatic carbocycles. The summed E-state index contributed by atoms with van der Waals surface area (Å²) in [6.45, 7) is 2.02. The van der Waals surface area contributed by atoms with E-state index in [0.29, 0.717) is 11.3 Å². The van der Waals surface area contributed by atoms with Gasteiger partial charge in [0.05, 0.1) is 13.2 Å². The molecule has 0 spiro atoms. The van der Waals surface area contributed by atoms with Crippen molar-refractivity contribution in [3.05, 3.63) is 23.3 Å². The molecule has 0 aliphatic carbocycles. The van der Waals surface area contributed by atoms with Crippen molar-refractivity contribution in [1.29, 1.82) is 5.26 Å². The Labute approximate surface area is 101 Å². The molecule has 1 aromatic rings. The van der Waals surface area contributed by atoms with Crippen LogP contribution in [0.15, 0.2) is 12.1 Å². The quantitative estimate of drug-likeness (QED) is 0.803. The average molecular weight is 233 g/mol. The molecule has 0 aromatic heterocycles. The monoisotopic (exact) mass is 233 g/mol. The molecule has 0 saturated heterocycles. The van der Waals surface area contributed by atoms with E-state index < -0.39 is 6.10 Å². The van der Waals surface area contributed by atoms with Crippen LogP contribution >= 0.6 is 0 Å². The molecular formula is C13H15NO3. The number of fused-ring (bicyclic) bond motifs is 1. The van der Waals surface area contributed by atoms with Gasteiger partial charge in [-0.2, -0.15) is 5.26 Å². The van der Waals surface area contributed by atoms with Crippen molar-refractivity contribution >= 4 is 0 Å². The van der Waals surface area contributed by atoms with Gasteiger partial charge in [0, 0.05) is 24.7 Å². The number of nitriles is 1. The van der Waals surface area contributed by atoms with E-state index in [4.69, 9.17) is 19.5 Å². The maximum Gasteiger partial charge on any atom is 0.172 e. The Morgan fingerprint density at radius 2 is 2.24 bits per heavy atom. The van der Waals surface area contributed by atoms with Crippen LogP contribution in [0, 0.1) is 11.3 Å². The Morgan fingerprint density at radius 1 is 1.47 bits per heavy atom. The van der Waals surface area contributed by atoms with Crippen LogP contribution in [0.3, 0.4) is 0 Å². The molecule has 0 bridgehead atoms. The van der Waals surface area contributed by atoms with Crippen molar-refractivity contribution in [3.63, 3.8) is 0 Å². The van der Waals surface area contributed by atoms with Crippen molar-refractivity contribution < 1.29 is 14.2 Å². The Bertz CT molecular complexity index is 464. The fourth-order valence-electron chi connectivity index (χ4n) is 2.09. The van der Waals surface area contributed by atoms with Crippen LogP contribution in [0.4, 0.5) is 0 Å². The molecule has 0 radical (unpaired) electrons.